The molecule has 28 heavy (non-hydrogen) atoms. The van der Waals surface area contributed by atoms with Crippen LogP contribution in [0, 0.1) is 0 Å². The first-order valence-corrected chi connectivity index (χ1v) is 9.50. The van der Waals surface area contributed by atoms with Gasteiger partial charge in [-0.2, -0.15) is 0 Å². The molecular weight excluding hydrogens is 360 g/mol. The molecule has 3 rings (SSSR count). The maximum Gasteiger partial charge on any atom is 0.291 e. The number of rotatable bonds is 7. The Morgan fingerprint density at radius 1 is 1.18 bits per heavy atom. The first-order chi connectivity index (χ1) is 13.6. The lowest BCUT2D eigenvalue weighted by molar-refractivity contribution is 0.0947. The maximum absolute atomic E-state index is 12.9. The number of hydrogen-bond acceptors (Lipinski definition) is 5. The molecule has 1 aliphatic heterocycles. The quantitative estimate of drug-likeness (QED) is 0.763. The molecule has 1 aromatic heterocycles. The third-order valence-electron chi connectivity index (χ3n) is 4.73. The monoisotopic (exact) mass is 386 g/mol. The number of nitrogens with zero attached hydrogens (tertiary/aromatic N) is 2. The lowest BCUT2D eigenvalue weighted by Gasteiger charge is -2.17. The fourth-order valence-corrected chi connectivity index (χ4v) is 3.30. The lowest BCUT2D eigenvalue weighted by Crippen LogP contribution is -2.26. The summed E-state index contributed by atoms with van der Waals surface area (Å²) in [5.41, 5.74) is 1.69. The van der Waals surface area contributed by atoms with Gasteiger partial charge >= 0.3 is 0 Å². The molecule has 2 amide bonds. The minimum Gasteiger partial charge on any atom is -0.497 e. The van der Waals surface area contributed by atoms with Gasteiger partial charge < -0.3 is 24.7 Å². The Morgan fingerprint density at radius 2 is 2.00 bits per heavy atom. The number of fused-ring (bicyclic) bond motifs is 1. The van der Waals surface area contributed by atoms with E-state index in [0.29, 0.717) is 36.0 Å². The number of anilines is 1. The first kappa shape index (κ1) is 19.7. The van der Waals surface area contributed by atoms with Crippen LogP contribution in [-0.2, 0) is 13.0 Å². The average molecular weight is 386 g/mol. The van der Waals surface area contributed by atoms with Crippen molar-refractivity contribution in [2.45, 2.75) is 39.2 Å². The number of methoxy groups -OCH3 is 2. The minimum atomic E-state index is -0.374. The molecule has 0 saturated carbocycles. The van der Waals surface area contributed by atoms with Crippen molar-refractivity contribution in [3.05, 3.63) is 35.4 Å². The largest absolute Gasteiger partial charge is 0.497 e. The highest BCUT2D eigenvalue weighted by Crippen LogP contribution is 2.30. The zero-order valence-corrected chi connectivity index (χ0v) is 16.5. The fourth-order valence-electron chi connectivity index (χ4n) is 3.30. The number of nitrogens with one attached hydrogen (secondary N) is 2. The molecule has 0 spiro atoms. The van der Waals surface area contributed by atoms with E-state index in [4.69, 9.17) is 9.47 Å². The predicted molar refractivity (Wildman–Crippen MR) is 105 cm³/mol. The Kier molecular flexibility index (Phi) is 6.18. The van der Waals surface area contributed by atoms with E-state index in [1.165, 1.54) is 7.11 Å². The van der Waals surface area contributed by atoms with Crippen molar-refractivity contribution in [3.8, 4) is 11.5 Å². The van der Waals surface area contributed by atoms with Gasteiger partial charge in [-0.15, -0.1) is 0 Å². The van der Waals surface area contributed by atoms with Crippen LogP contribution in [0.2, 0.25) is 0 Å². The Hall–Kier alpha value is -3.03. The van der Waals surface area contributed by atoms with E-state index in [2.05, 4.69) is 15.6 Å². The topological polar surface area (TPSA) is 94.5 Å². The Labute approximate surface area is 164 Å². The summed E-state index contributed by atoms with van der Waals surface area (Å²) in [7, 11) is 3.09. The van der Waals surface area contributed by atoms with Gasteiger partial charge in [0.05, 0.1) is 25.6 Å². The van der Waals surface area contributed by atoms with Gasteiger partial charge in [0, 0.05) is 19.2 Å². The van der Waals surface area contributed by atoms with Crippen molar-refractivity contribution in [1.82, 2.24) is 14.9 Å². The second-order valence-electron chi connectivity index (χ2n) is 6.62. The summed E-state index contributed by atoms with van der Waals surface area (Å²) >= 11 is 0. The van der Waals surface area contributed by atoms with Crippen LogP contribution in [0.1, 0.15) is 53.0 Å². The molecule has 1 aromatic carbocycles. The highest BCUT2D eigenvalue weighted by molar-refractivity contribution is 6.04. The predicted octanol–water partition coefficient (Wildman–Crippen LogP) is 2.63. The van der Waals surface area contributed by atoms with Crippen molar-refractivity contribution >= 4 is 17.5 Å². The minimum absolute atomic E-state index is 0.228. The number of hydrogen-bond donors (Lipinski definition) is 2. The molecule has 0 atom stereocenters. The van der Waals surface area contributed by atoms with E-state index in [1.807, 2.05) is 11.5 Å². The van der Waals surface area contributed by atoms with E-state index in [9.17, 15) is 9.59 Å². The van der Waals surface area contributed by atoms with Crippen molar-refractivity contribution < 1.29 is 19.1 Å². The van der Waals surface area contributed by atoms with E-state index in [0.717, 1.165) is 31.4 Å². The smallest absolute Gasteiger partial charge is 0.291 e. The number of aromatic nitrogens is 2. The lowest BCUT2D eigenvalue weighted by atomic mass is 10.1. The van der Waals surface area contributed by atoms with Crippen LogP contribution in [0.25, 0.3) is 0 Å². The van der Waals surface area contributed by atoms with Crippen molar-refractivity contribution in [2.75, 3.05) is 26.1 Å². The molecule has 0 fully saturated rings. The van der Waals surface area contributed by atoms with Gasteiger partial charge in [-0.1, -0.05) is 6.92 Å². The van der Waals surface area contributed by atoms with Gasteiger partial charge in [0.15, 0.2) is 5.82 Å². The Morgan fingerprint density at radius 3 is 2.71 bits per heavy atom. The fraction of sp³-hybridized carbons (Fsp3) is 0.450. The number of carbonyl (C=O) groups is 2. The highest BCUT2D eigenvalue weighted by atomic mass is 16.5. The van der Waals surface area contributed by atoms with Crippen LogP contribution in [0.15, 0.2) is 18.2 Å². The van der Waals surface area contributed by atoms with Crippen LogP contribution in [-0.4, -0.2) is 42.1 Å². The zero-order valence-electron chi connectivity index (χ0n) is 16.5. The number of imidazole rings is 1. The van der Waals surface area contributed by atoms with Gasteiger partial charge in [0.1, 0.15) is 17.2 Å². The second-order valence-corrected chi connectivity index (χ2v) is 6.62. The summed E-state index contributed by atoms with van der Waals surface area (Å²) in [5.74, 6) is 0.755. The molecule has 2 N–H and O–H groups in total. The molecule has 0 radical (unpaired) electrons. The standard InChI is InChI=1S/C20H26N4O4/c1-4-10-21-19(25)17-15-7-5-6-11-24(15)18(23-17)20(26)22-14-9-8-13(27-2)12-16(14)28-3/h8-9,12H,4-7,10-11H2,1-3H3,(H,21,25)(H,22,26). The molecule has 0 unspecified atom stereocenters. The van der Waals surface area contributed by atoms with E-state index in [1.54, 1.807) is 25.3 Å². The van der Waals surface area contributed by atoms with Gasteiger partial charge in [-0.3, -0.25) is 9.59 Å². The van der Waals surface area contributed by atoms with Crippen molar-refractivity contribution in [2.24, 2.45) is 0 Å². The molecule has 8 nitrogen and oxygen atoms in total. The van der Waals surface area contributed by atoms with Crippen molar-refractivity contribution in [3.63, 3.8) is 0 Å². The molecule has 8 heteroatoms. The Balaban J connectivity index is 1.90. The summed E-state index contributed by atoms with van der Waals surface area (Å²) in [6, 6.07) is 5.15. The number of ether oxygens (including phenoxy) is 2. The van der Waals surface area contributed by atoms with Gasteiger partial charge in [-0.25, -0.2) is 4.98 Å². The molecule has 1 aliphatic rings. The van der Waals surface area contributed by atoms with Crippen LogP contribution in [0.4, 0.5) is 5.69 Å². The summed E-state index contributed by atoms with van der Waals surface area (Å²) in [6.07, 6.45) is 3.51. The van der Waals surface area contributed by atoms with E-state index < -0.39 is 0 Å². The number of amides is 2. The third kappa shape index (κ3) is 3.95. The second kappa shape index (κ2) is 8.77. The molecule has 150 valence electrons. The number of benzene rings is 1. The molecule has 2 aromatic rings. The first-order valence-electron chi connectivity index (χ1n) is 9.50. The van der Waals surface area contributed by atoms with Crippen LogP contribution in [0.3, 0.4) is 0 Å². The summed E-state index contributed by atoms with van der Waals surface area (Å²) in [6.45, 7) is 3.24. The Bertz CT molecular complexity index is 875. The van der Waals surface area contributed by atoms with E-state index >= 15 is 0 Å². The van der Waals surface area contributed by atoms with Crippen LogP contribution < -0.4 is 20.1 Å². The van der Waals surface area contributed by atoms with Crippen LogP contribution in [0.5, 0.6) is 11.5 Å². The molecule has 0 saturated heterocycles. The number of carbonyl (C=O) groups excluding carboxylic acids is 2. The summed E-state index contributed by atoms with van der Waals surface area (Å²) in [5, 5.41) is 5.69. The third-order valence-corrected chi connectivity index (χ3v) is 4.73. The maximum atomic E-state index is 12.9. The SMILES string of the molecule is CCCNC(=O)c1nc(C(=O)Nc2ccc(OC)cc2OC)n2c1CCCC2. The molecule has 0 bridgehead atoms. The van der Waals surface area contributed by atoms with Gasteiger partial charge in [-0.05, 0) is 37.8 Å². The van der Waals surface area contributed by atoms with Gasteiger partial charge in [0.2, 0.25) is 0 Å². The molecule has 0 aliphatic carbocycles. The van der Waals surface area contributed by atoms with E-state index in [-0.39, 0.29) is 17.6 Å². The van der Waals surface area contributed by atoms with Crippen LogP contribution >= 0.6 is 0 Å². The summed E-state index contributed by atoms with van der Waals surface area (Å²) < 4.78 is 12.4. The molecular formula is C20H26N4O4. The normalized spacial score (nSPS) is 12.8. The van der Waals surface area contributed by atoms with Crippen molar-refractivity contribution in [1.29, 1.82) is 0 Å². The molecule has 2 heterocycles. The highest BCUT2D eigenvalue weighted by Gasteiger charge is 2.27. The average Bonchev–Trinajstić information content (AvgIpc) is 3.12. The van der Waals surface area contributed by atoms with Gasteiger partial charge in [0.25, 0.3) is 11.8 Å². The summed E-state index contributed by atoms with van der Waals surface area (Å²) in [4.78, 5) is 29.8. The zero-order chi connectivity index (χ0) is 20.1.